The van der Waals surface area contributed by atoms with Gasteiger partial charge in [-0.3, -0.25) is 23.7 Å². The third-order valence-corrected chi connectivity index (χ3v) is 4.77. The van der Waals surface area contributed by atoms with Crippen LogP contribution in [0.5, 0.6) is 0 Å². The maximum atomic E-state index is 13.1. The first-order valence-corrected chi connectivity index (χ1v) is 9.18. The predicted molar refractivity (Wildman–Crippen MR) is 109 cm³/mol. The number of pyridine rings is 2. The Morgan fingerprint density at radius 3 is 2.45 bits per heavy atom. The van der Waals surface area contributed by atoms with E-state index >= 15 is 0 Å². The molecular weight excluding hydrogens is 392 g/mol. The van der Waals surface area contributed by atoms with Crippen LogP contribution in [-0.4, -0.2) is 24.9 Å². The van der Waals surface area contributed by atoms with Gasteiger partial charge in [-0.25, -0.2) is 9.78 Å². The summed E-state index contributed by atoms with van der Waals surface area (Å²) in [6.07, 6.45) is 4.67. The van der Waals surface area contributed by atoms with Crippen molar-refractivity contribution in [2.75, 3.05) is 0 Å². The Morgan fingerprint density at radius 1 is 0.966 bits per heavy atom. The summed E-state index contributed by atoms with van der Waals surface area (Å²) in [5.74, 6) is -0.277. The zero-order valence-corrected chi connectivity index (χ0v) is 15.9. The number of ketones is 1. The van der Waals surface area contributed by atoms with Gasteiger partial charge in [0.25, 0.3) is 5.56 Å². The zero-order chi connectivity index (χ0) is 20.4. The molecule has 3 aromatic heterocycles. The molecule has 0 saturated heterocycles. The van der Waals surface area contributed by atoms with Gasteiger partial charge >= 0.3 is 5.69 Å². The average molecular weight is 407 g/mol. The van der Waals surface area contributed by atoms with E-state index in [0.29, 0.717) is 21.7 Å². The van der Waals surface area contributed by atoms with E-state index in [2.05, 4.69) is 9.97 Å². The summed E-state index contributed by atoms with van der Waals surface area (Å²) in [5.41, 5.74) is 0.458. The van der Waals surface area contributed by atoms with Gasteiger partial charge in [-0.2, -0.15) is 0 Å². The second-order valence-electron chi connectivity index (χ2n) is 6.42. The smallest absolute Gasteiger partial charge is 0.292 e. The van der Waals surface area contributed by atoms with Crippen LogP contribution in [0.15, 0.2) is 76.7 Å². The third-order valence-electron chi connectivity index (χ3n) is 4.52. The fourth-order valence-electron chi connectivity index (χ4n) is 3.08. The van der Waals surface area contributed by atoms with Crippen LogP contribution in [0.4, 0.5) is 0 Å². The van der Waals surface area contributed by atoms with Crippen molar-refractivity contribution in [2.45, 2.75) is 13.1 Å². The molecule has 8 heteroatoms. The maximum absolute atomic E-state index is 13.1. The molecule has 0 aliphatic carbocycles. The molecule has 0 bridgehead atoms. The van der Waals surface area contributed by atoms with Gasteiger partial charge < -0.3 is 0 Å². The van der Waals surface area contributed by atoms with Crippen molar-refractivity contribution in [3.8, 4) is 0 Å². The second-order valence-corrected chi connectivity index (χ2v) is 6.86. The lowest BCUT2D eigenvalue weighted by atomic mass is 10.1. The van der Waals surface area contributed by atoms with Gasteiger partial charge in [-0.1, -0.05) is 17.7 Å². The van der Waals surface area contributed by atoms with Crippen LogP contribution in [0, 0.1) is 0 Å². The monoisotopic (exact) mass is 406 g/mol. The number of halogens is 1. The molecule has 1 aromatic carbocycles. The fourth-order valence-corrected chi connectivity index (χ4v) is 3.21. The van der Waals surface area contributed by atoms with Gasteiger partial charge in [0.05, 0.1) is 18.6 Å². The number of fused-ring (bicyclic) bond motifs is 1. The first-order chi connectivity index (χ1) is 14.0. The molecule has 0 unspecified atom stereocenters. The SMILES string of the molecule is O=C(Cn1c(=O)n(Cc2cccnc2)c(=O)c2ncccc21)c1ccc(Cl)cc1. The maximum Gasteiger partial charge on any atom is 0.332 e. The number of benzene rings is 1. The van der Waals surface area contributed by atoms with E-state index in [1.165, 1.54) is 10.8 Å². The van der Waals surface area contributed by atoms with Gasteiger partial charge in [-0.15, -0.1) is 0 Å². The molecule has 0 radical (unpaired) electrons. The first kappa shape index (κ1) is 18.8. The normalized spacial score (nSPS) is 10.9. The quantitative estimate of drug-likeness (QED) is 0.475. The van der Waals surface area contributed by atoms with Gasteiger partial charge in [-0.05, 0) is 48.0 Å². The molecule has 0 N–H and O–H groups in total. The van der Waals surface area contributed by atoms with Crippen molar-refractivity contribution in [2.24, 2.45) is 0 Å². The number of hydrogen-bond donors (Lipinski definition) is 0. The van der Waals surface area contributed by atoms with E-state index in [4.69, 9.17) is 11.6 Å². The number of carbonyl (C=O) groups excluding carboxylic acids is 1. The molecule has 144 valence electrons. The molecule has 0 aliphatic heterocycles. The molecule has 4 rings (SSSR count). The summed E-state index contributed by atoms with van der Waals surface area (Å²) in [7, 11) is 0. The van der Waals surface area contributed by atoms with E-state index in [1.54, 1.807) is 60.9 Å². The van der Waals surface area contributed by atoms with E-state index in [-0.39, 0.29) is 24.4 Å². The second kappa shape index (κ2) is 7.81. The van der Waals surface area contributed by atoms with Crippen LogP contribution in [0.25, 0.3) is 11.0 Å². The van der Waals surface area contributed by atoms with Gasteiger partial charge in [0, 0.05) is 29.2 Å². The lowest BCUT2D eigenvalue weighted by molar-refractivity contribution is 0.0971. The highest BCUT2D eigenvalue weighted by atomic mass is 35.5. The zero-order valence-electron chi connectivity index (χ0n) is 15.2. The average Bonchev–Trinajstić information content (AvgIpc) is 2.75. The highest BCUT2D eigenvalue weighted by molar-refractivity contribution is 6.30. The van der Waals surface area contributed by atoms with Crippen molar-refractivity contribution in [3.05, 3.63) is 104 Å². The molecule has 0 fully saturated rings. The minimum Gasteiger partial charge on any atom is -0.292 e. The molecular formula is C21H15ClN4O3. The Bertz CT molecular complexity index is 1310. The number of carbonyl (C=O) groups is 1. The summed E-state index contributed by atoms with van der Waals surface area (Å²) in [4.78, 5) is 46.9. The number of hydrogen-bond acceptors (Lipinski definition) is 5. The minimum absolute atomic E-state index is 0.0349. The van der Waals surface area contributed by atoms with E-state index in [1.807, 2.05) is 0 Å². The minimum atomic E-state index is -0.582. The molecule has 0 spiro atoms. The fraction of sp³-hybridized carbons (Fsp3) is 0.0952. The Morgan fingerprint density at radius 2 is 1.72 bits per heavy atom. The van der Waals surface area contributed by atoms with Crippen LogP contribution in [0.2, 0.25) is 5.02 Å². The van der Waals surface area contributed by atoms with E-state index < -0.39 is 11.2 Å². The lowest BCUT2D eigenvalue weighted by Crippen LogP contribution is -2.41. The number of rotatable bonds is 5. The molecule has 7 nitrogen and oxygen atoms in total. The molecule has 0 aliphatic rings. The molecule has 0 atom stereocenters. The van der Waals surface area contributed by atoms with Gasteiger partial charge in [0.1, 0.15) is 0 Å². The predicted octanol–water partition coefficient (Wildman–Crippen LogP) is 2.54. The van der Waals surface area contributed by atoms with Gasteiger partial charge in [0.15, 0.2) is 11.3 Å². The van der Waals surface area contributed by atoms with E-state index in [9.17, 15) is 14.4 Å². The largest absolute Gasteiger partial charge is 0.332 e. The Hall–Kier alpha value is -3.58. The van der Waals surface area contributed by atoms with Crippen molar-refractivity contribution in [1.82, 2.24) is 19.1 Å². The third kappa shape index (κ3) is 3.72. The summed E-state index contributed by atoms with van der Waals surface area (Å²) in [6.45, 7) is -0.191. The molecule has 4 aromatic rings. The molecule has 3 heterocycles. The molecule has 29 heavy (non-hydrogen) atoms. The number of nitrogens with zero attached hydrogens (tertiary/aromatic N) is 4. The van der Waals surface area contributed by atoms with Crippen LogP contribution in [-0.2, 0) is 13.1 Å². The lowest BCUT2D eigenvalue weighted by Gasteiger charge is -2.13. The summed E-state index contributed by atoms with van der Waals surface area (Å²) >= 11 is 5.88. The Kier molecular flexibility index (Phi) is 5.05. The van der Waals surface area contributed by atoms with Gasteiger partial charge in [0.2, 0.25) is 0 Å². The van der Waals surface area contributed by atoms with Crippen molar-refractivity contribution in [1.29, 1.82) is 0 Å². The standard InChI is InChI=1S/C21H15ClN4O3/c22-16-7-5-15(6-8-16)18(27)13-25-17-4-2-10-24-19(17)20(28)26(21(25)29)12-14-3-1-9-23-11-14/h1-11H,12-13H2. The van der Waals surface area contributed by atoms with Crippen molar-refractivity contribution < 1.29 is 4.79 Å². The summed E-state index contributed by atoms with van der Waals surface area (Å²) in [6, 6.07) is 13.1. The highest BCUT2D eigenvalue weighted by Crippen LogP contribution is 2.12. The molecule has 0 amide bonds. The number of Topliss-reactive ketones (excluding diaryl/α,β-unsaturated/α-hetero) is 1. The van der Waals surface area contributed by atoms with Crippen molar-refractivity contribution in [3.63, 3.8) is 0 Å². The van der Waals surface area contributed by atoms with Crippen LogP contribution in [0.1, 0.15) is 15.9 Å². The van der Waals surface area contributed by atoms with Crippen LogP contribution in [0.3, 0.4) is 0 Å². The highest BCUT2D eigenvalue weighted by Gasteiger charge is 2.17. The van der Waals surface area contributed by atoms with Crippen LogP contribution < -0.4 is 11.2 Å². The summed E-state index contributed by atoms with van der Waals surface area (Å²) in [5, 5.41) is 0.512. The molecule has 0 saturated carbocycles. The van der Waals surface area contributed by atoms with E-state index in [0.717, 1.165) is 4.57 Å². The first-order valence-electron chi connectivity index (χ1n) is 8.80. The topological polar surface area (TPSA) is 86.9 Å². The Labute approximate surface area is 169 Å². The van der Waals surface area contributed by atoms with Crippen molar-refractivity contribution >= 4 is 28.4 Å². The summed E-state index contributed by atoms with van der Waals surface area (Å²) < 4.78 is 2.35. The van der Waals surface area contributed by atoms with Crippen LogP contribution >= 0.6 is 11.6 Å². The Balaban J connectivity index is 1.84. The number of aromatic nitrogens is 4.